The van der Waals surface area contributed by atoms with Gasteiger partial charge in [0.25, 0.3) is 5.91 Å². The Balaban J connectivity index is 1.91. The number of alkyl halides is 4. The second-order valence-electron chi connectivity index (χ2n) is 7.42. The van der Waals surface area contributed by atoms with E-state index in [0.29, 0.717) is 17.4 Å². The summed E-state index contributed by atoms with van der Waals surface area (Å²) in [6.45, 7) is 3.11. The van der Waals surface area contributed by atoms with Crippen molar-refractivity contribution in [3.05, 3.63) is 96.5 Å². The molecule has 1 amide bonds. The first-order valence-electron chi connectivity index (χ1n) is 10.6. The summed E-state index contributed by atoms with van der Waals surface area (Å²) < 4.78 is 53.1. The first-order valence-corrected chi connectivity index (χ1v) is 10.6. The zero-order valence-electron chi connectivity index (χ0n) is 18.9. The molecule has 0 saturated heterocycles. The van der Waals surface area contributed by atoms with E-state index in [4.69, 9.17) is 0 Å². The van der Waals surface area contributed by atoms with Crippen LogP contribution in [0.15, 0.2) is 95.9 Å². The van der Waals surface area contributed by atoms with Gasteiger partial charge in [-0.2, -0.15) is 13.2 Å². The molecule has 3 aromatic rings. The topological polar surface area (TPSA) is 67.2 Å². The summed E-state index contributed by atoms with van der Waals surface area (Å²) in [7, 11) is 0. The van der Waals surface area contributed by atoms with Gasteiger partial charge in [-0.3, -0.25) is 9.78 Å². The number of aliphatic imine (C=N–C) groups is 1. The minimum absolute atomic E-state index is 0.00780. The van der Waals surface area contributed by atoms with Gasteiger partial charge < -0.3 is 5.32 Å². The molecular weight excluding hydrogens is 460 g/mol. The third kappa shape index (κ3) is 6.92. The fourth-order valence-electron chi connectivity index (χ4n) is 3.16. The highest BCUT2D eigenvalue weighted by atomic mass is 19.4. The Hall–Kier alpha value is -4.14. The fraction of sp³-hybridized carbons (Fsp3) is 0.154. The van der Waals surface area contributed by atoms with Crippen LogP contribution >= 0.6 is 0 Å². The lowest BCUT2D eigenvalue weighted by molar-refractivity contribution is -0.137. The maximum atomic E-state index is 14.9. The Morgan fingerprint density at radius 1 is 1.09 bits per heavy atom. The first kappa shape index (κ1) is 25.5. The number of halogens is 4. The average molecular weight is 482 g/mol. The Labute approximate surface area is 200 Å². The molecule has 0 radical (unpaired) electrons. The SMILES string of the molecule is CC=CC(F)/C(=C\C(C)=Nc1ccc(C(F)(F)F)cn1)C(=O)Nc1cnccc1-c1ccccc1. The van der Waals surface area contributed by atoms with Gasteiger partial charge in [0.15, 0.2) is 5.82 Å². The molecule has 1 N–H and O–H groups in total. The van der Waals surface area contributed by atoms with Crippen LogP contribution in [0.1, 0.15) is 19.4 Å². The summed E-state index contributed by atoms with van der Waals surface area (Å²) in [5.74, 6) is -0.720. The number of carbonyl (C=O) groups is 1. The molecule has 2 heterocycles. The van der Waals surface area contributed by atoms with Crippen LogP contribution in [-0.2, 0) is 11.0 Å². The predicted molar refractivity (Wildman–Crippen MR) is 128 cm³/mol. The van der Waals surface area contributed by atoms with Crippen LogP contribution < -0.4 is 5.32 Å². The molecule has 0 spiro atoms. The monoisotopic (exact) mass is 482 g/mol. The van der Waals surface area contributed by atoms with Gasteiger partial charge in [-0.1, -0.05) is 42.5 Å². The van der Waals surface area contributed by atoms with E-state index in [2.05, 4.69) is 20.3 Å². The van der Waals surface area contributed by atoms with Gasteiger partial charge in [0.1, 0.15) is 6.17 Å². The van der Waals surface area contributed by atoms with Crippen LogP contribution in [0, 0.1) is 0 Å². The summed E-state index contributed by atoms with van der Waals surface area (Å²) in [4.78, 5) is 24.9. The van der Waals surface area contributed by atoms with Gasteiger partial charge in [0, 0.05) is 23.7 Å². The number of rotatable bonds is 7. The van der Waals surface area contributed by atoms with Gasteiger partial charge in [0.05, 0.1) is 23.0 Å². The molecule has 0 fully saturated rings. The maximum Gasteiger partial charge on any atom is 0.417 e. The Bertz CT molecular complexity index is 1250. The van der Waals surface area contributed by atoms with Gasteiger partial charge in [-0.25, -0.2) is 14.4 Å². The van der Waals surface area contributed by atoms with E-state index in [9.17, 15) is 22.4 Å². The van der Waals surface area contributed by atoms with E-state index in [-0.39, 0.29) is 17.1 Å². The van der Waals surface area contributed by atoms with Crippen LogP contribution in [0.5, 0.6) is 0 Å². The lowest BCUT2D eigenvalue weighted by atomic mass is 10.0. The summed E-state index contributed by atoms with van der Waals surface area (Å²) in [5, 5.41) is 2.70. The first-order chi connectivity index (χ1) is 16.7. The number of aromatic nitrogens is 2. The molecule has 9 heteroatoms. The van der Waals surface area contributed by atoms with Crippen molar-refractivity contribution in [3.8, 4) is 11.1 Å². The Kier molecular flexibility index (Phi) is 8.25. The third-order valence-electron chi connectivity index (χ3n) is 4.81. The maximum absolute atomic E-state index is 14.9. The van der Waals surface area contributed by atoms with Crippen molar-refractivity contribution < 1.29 is 22.4 Å². The van der Waals surface area contributed by atoms with Gasteiger partial charge in [0.2, 0.25) is 0 Å². The van der Waals surface area contributed by atoms with Crippen LogP contribution in [0.4, 0.5) is 29.1 Å². The second kappa shape index (κ2) is 11.3. The number of anilines is 1. The predicted octanol–water partition coefficient (Wildman–Crippen LogP) is 6.73. The summed E-state index contributed by atoms with van der Waals surface area (Å²) in [5.41, 5.74) is 0.970. The molecule has 0 saturated carbocycles. The zero-order chi connectivity index (χ0) is 25.4. The fourth-order valence-corrected chi connectivity index (χ4v) is 3.16. The highest BCUT2D eigenvalue weighted by Gasteiger charge is 2.30. The van der Waals surface area contributed by atoms with Gasteiger partial charge in [-0.15, -0.1) is 0 Å². The molecule has 0 aliphatic carbocycles. The highest BCUT2D eigenvalue weighted by Crippen LogP contribution is 2.30. The molecule has 1 aromatic carbocycles. The normalized spacial score (nSPS) is 13.7. The van der Waals surface area contributed by atoms with Crippen LogP contribution in [-0.4, -0.2) is 27.8 Å². The molecule has 0 aliphatic rings. The summed E-state index contributed by atoms with van der Waals surface area (Å²) in [6, 6.07) is 13.0. The molecule has 180 valence electrons. The van der Waals surface area contributed by atoms with Crippen molar-refractivity contribution >= 4 is 23.1 Å². The lowest BCUT2D eigenvalue weighted by Crippen LogP contribution is -2.21. The largest absolute Gasteiger partial charge is 0.417 e. The van der Waals surface area contributed by atoms with E-state index in [1.165, 1.54) is 31.3 Å². The smallest absolute Gasteiger partial charge is 0.320 e. The van der Waals surface area contributed by atoms with Crippen molar-refractivity contribution in [1.82, 2.24) is 9.97 Å². The summed E-state index contributed by atoms with van der Waals surface area (Å²) >= 11 is 0. The van der Waals surface area contributed by atoms with Crippen molar-refractivity contribution in [2.45, 2.75) is 26.2 Å². The zero-order valence-corrected chi connectivity index (χ0v) is 18.9. The molecule has 1 unspecified atom stereocenters. The minimum Gasteiger partial charge on any atom is -0.320 e. The Morgan fingerprint density at radius 3 is 2.46 bits per heavy atom. The molecule has 5 nitrogen and oxygen atoms in total. The number of hydrogen-bond donors (Lipinski definition) is 1. The lowest BCUT2D eigenvalue weighted by Gasteiger charge is -2.14. The Morgan fingerprint density at radius 2 is 1.83 bits per heavy atom. The molecular formula is C26H22F4N4O. The number of amides is 1. The van der Waals surface area contributed by atoms with E-state index in [1.807, 2.05) is 30.3 Å². The van der Waals surface area contributed by atoms with E-state index in [0.717, 1.165) is 17.7 Å². The van der Waals surface area contributed by atoms with Crippen molar-refractivity contribution in [2.75, 3.05) is 5.32 Å². The molecule has 3 rings (SSSR count). The number of benzene rings is 1. The molecule has 1 atom stereocenters. The van der Waals surface area contributed by atoms with Crippen molar-refractivity contribution in [1.29, 1.82) is 0 Å². The van der Waals surface area contributed by atoms with E-state index >= 15 is 0 Å². The van der Waals surface area contributed by atoms with Gasteiger partial charge >= 0.3 is 6.18 Å². The number of pyridine rings is 2. The van der Waals surface area contributed by atoms with Crippen LogP contribution in [0.2, 0.25) is 0 Å². The molecule has 35 heavy (non-hydrogen) atoms. The van der Waals surface area contributed by atoms with Gasteiger partial charge in [-0.05, 0) is 43.7 Å². The van der Waals surface area contributed by atoms with Crippen molar-refractivity contribution in [3.63, 3.8) is 0 Å². The quantitative estimate of drug-likeness (QED) is 0.176. The molecule has 0 aliphatic heterocycles. The standard InChI is InChI=1S/C26H22F4N4O/c1-3-7-22(27)21(14-17(2)33-24-11-10-19(15-32-24)26(28,29)30)25(35)34-23-16-31-13-12-20(23)18-8-5-4-6-9-18/h3-16,22H,1-2H3,(H,34,35)/b7-3?,21-14+,33-17?. The average Bonchev–Trinajstić information content (AvgIpc) is 2.83. The van der Waals surface area contributed by atoms with Crippen molar-refractivity contribution in [2.24, 2.45) is 4.99 Å². The molecule has 2 aromatic heterocycles. The molecule has 0 bridgehead atoms. The number of nitrogens with one attached hydrogen (secondary N) is 1. The van der Waals surface area contributed by atoms with Crippen LogP contribution in [0.25, 0.3) is 11.1 Å². The summed E-state index contributed by atoms with van der Waals surface area (Å²) in [6.07, 6.45) is 1.35. The third-order valence-corrected chi connectivity index (χ3v) is 4.81. The van der Waals surface area contributed by atoms with Crippen LogP contribution in [0.3, 0.4) is 0 Å². The number of nitrogens with zero attached hydrogens (tertiary/aromatic N) is 3. The number of hydrogen-bond acceptors (Lipinski definition) is 4. The number of carbonyl (C=O) groups excluding carboxylic acids is 1. The number of allylic oxidation sites excluding steroid dienone is 3. The second-order valence-corrected chi connectivity index (χ2v) is 7.42. The van der Waals surface area contributed by atoms with E-state index in [1.54, 1.807) is 19.2 Å². The minimum atomic E-state index is -4.52. The van der Waals surface area contributed by atoms with E-state index < -0.39 is 23.8 Å². The highest BCUT2D eigenvalue weighted by molar-refractivity contribution is 6.11.